The Labute approximate surface area is 113 Å². The fraction of sp³-hybridized carbons (Fsp3) is 0.467. The highest BCUT2D eigenvalue weighted by atomic mass is 16.2. The first-order valence-electron chi connectivity index (χ1n) is 6.69. The van der Waals surface area contributed by atoms with Gasteiger partial charge in [0.2, 0.25) is 5.91 Å². The van der Waals surface area contributed by atoms with Crippen molar-refractivity contribution in [3.63, 3.8) is 0 Å². The fourth-order valence-electron chi connectivity index (χ4n) is 2.21. The van der Waals surface area contributed by atoms with Crippen LogP contribution in [0.2, 0.25) is 0 Å². The molecule has 19 heavy (non-hydrogen) atoms. The molecule has 1 aliphatic rings. The Balaban J connectivity index is 1.92. The van der Waals surface area contributed by atoms with Gasteiger partial charge in [0.05, 0.1) is 6.04 Å². The topological polar surface area (TPSA) is 49.4 Å². The van der Waals surface area contributed by atoms with Crippen LogP contribution in [0, 0.1) is 6.92 Å². The van der Waals surface area contributed by atoms with Crippen LogP contribution < -0.4 is 5.32 Å². The van der Waals surface area contributed by atoms with Crippen molar-refractivity contribution in [2.24, 2.45) is 0 Å². The number of nitrogens with one attached hydrogen (secondary N) is 1. The maximum absolute atomic E-state index is 12.1. The van der Waals surface area contributed by atoms with E-state index in [0.29, 0.717) is 31.7 Å². The smallest absolute Gasteiger partial charge is 0.241 e. The van der Waals surface area contributed by atoms with E-state index in [2.05, 4.69) is 10.2 Å². The summed E-state index contributed by atoms with van der Waals surface area (Å²) in [7, 11) is 0. The molecule has 0 saturated carbocycles. The van der Waals surface area contributed by atoms with Gasteiger partial charge in [-0.05, 0) is 26.0 Å². The highest BCUT2D eigenvalue weighted by Crippen LogP contribution is 2.13. The number of carbonyl (C=O) groups is 2. The predicted octanol–water partition coefficient (Wildman–Crippen LogP) is 1.99. The number of anilines is 1. The van der Waals surface area contributed by atoms with E-state index in [9.17, 15) is 9.59 Å². The van der Waals surface area contributed by atoms with Crippen molar-refractivity contribution in [3.05, 3.63) is 29.8 Å². The van der Waals surface area contributed by atoms with Crippen LogP contribution in [0.25, 0.3) is 0 Å². The third kappa shape index (κ3) is 3.64. The molecule has 0 bridgehead atoms. The Bertz CT molecular complexity index is 458. The fourth-order valence-corrected chi connectivity index (χ4v) is 2.21. The molecule has 0 spiro atoms. The standard InChI is InChI=1S/C15H20N2O2/c1-11-3-5-13(6-4-11)16-15(19)12(2)17-9-7-14(18)8-10-17/h3-6,12H,7-10H2,1-2H3,(H,16,19). The Morgan fingerprint density at radius 1 is 1.21 bits per heavy atom. The summed E-state index contributed by atoms with van der Waals surface area (Å²) < 4.78 is 0. The van der Waals surface area contributed by atoms with Crippen LogP contribution in [-0.4, -0.2) is 35.7 Å². The first kappa shape index (κ1) is 13.7. The predicted molar refractivity (Wildman–Crippen MR) is 75.1 cm³/mol. The molecule has 0 aromatic heterocycles. The zero-order chi connectivity index (χ0) is 13.8. The zero-order valence-corrected chi connectivity index (χ0v) is 11.5. The average molecular weight is 260 g/mol. The van der Waals surface area contributed by atoms with Gasteiger partial charge in [0, 0.05) is 31.6 Å². The average Bonchev–Trinajstić information content (AvgIpc) is 2.41. The van der Waals surface area contributed by atoms with Gasteiger partial charge in [-0.15, -0.1) is 0 Å². The largest absolute Gasteiger partial charge is 0.325 e. The molecule has 1 aromatic carbocycles. The minimum absolute atomic E-state index is 0.0156. The highest BCUT2D eigenvalue weighted by molar-refractivity contribution is 5.94. The Kier molecular flexibility index (Phi) is 4.32. The normalized spacial score (nSPS) is 18.1. The van der Waals surface area contributed by atoms with E-state index in [1.165, 1.54) is 5.56 Å². The van der Waals surface area contributed by atoms with E-state index in [-0.39, 0.29) is 11.9 Å². The van der Waals surface area contributed by atoms with E-state index in [1.54, 1.807) is 0 Å². The van der Waals surface area contributed by atoms with Crippen molar-refractivity contribution >= 4 is 17.4 Å². The molecule has 1 fully saturated rings. The molecule has 1 amide bonds. The van der Waals surface area contributed by atoms with Gasteiger partial charge < -0.3 is 5.32 Å². The lowest BCUT2D eigenvalue weighted by molar-refractivity contribution is -0.126. The molecule has 1 heterocycles. The van der Waals surface area contributed by atoms with Crippen LogP contribution in [0.3, 0.4) is 0 Å². The van der Waals surface area contributed by atoms with E-state index >= 15 is 0 Å². The molecule has 2 rings (SSSR count). The van der Waals surface area contributed by atoms with Crippen molar-refractivity contribution < 1.29 is 9.59 Å². The number of hydrogen-bond donors (Lipinski definition) is 1. The summed E-state index contributed by atoms with van der Waals surface area (Å²) in [4.78, 5) is 25.4. The third-order valence-electron chi connectivity index (χ3n) is 3.60. The molecular weight excluding hydrogens is 240 g/mol. The molecule has 1 saturated heterocycles. The van der Waals surface area contributed by atoms with Crippen LogP contribution in [0.4, 0.5) is 5.69 Å². The summed E-state index contributed by atoms with van der Waals surface area (Å²) in [6.07, 6.45) is 1.12. The van der Waals surface area contributed by atoms with Crippen LogP contribution in [0.5, 0.6) is 0 Å². The number of Topliss-reactive ketones (excluding diaryl/α,β-unsaturated/α-hetero) is 1. The van der Waals surface area contributed by atoms with Crippen molar-refractivity contribution in [1.29, 1.82) is 0 Å². The Hall–Kier alpha value is -1.68. The Morgan fingerprint density at radius 2 is 1.79 bits per heavy atom. The lowest BCUT2D eigenvalue weighted by atomic mass is 10.1. The number of ketones is 1. The maximum atomic E-state index is 12.1. The van der Waals surface area contributed by atoms with Gasteiger partial charge in [0.25, 0.3) is 0 Å². The molecule has 102 valence electrons. The lowest BCUT2D eigenvalue weighted by Crippen LogP contribution is -2.46. The summed E-state index contributed by atoms with van der Waals surface area (Å²) >= 11 is 0. The monoisotopic (exact) mass is 260 g/mol. The molecule has 1 aromatic rings. The highest BCUT2D eigenvalue weighted by Gasteiger charge is 2.25. The zero-order valence-electron chi connectivity index (χ0n) is 11.5. The van der Waals surface area contributed by atoms with Gasteiger partial charge in [-0.2, -0.15) is 0 Å². The summed E-state index contributed by atoms with van der Waals surface area (Å²) in [6, 6.07) is 7.55. The molecule has 1 aliphatic heterocycles. The number of amides is 1. The molecular formula is C15H20N2O2. The summed E-state index contributed by atoms with van der Waals surface area (Å²) in [6.45, 7) is 5.26. The minimum Gasteiger partial charge on any atom is -0.325 e. The van der Waals surface area contributed by atoms with E-state index in [4.69, 9.17) is 0 Å². The minimum atomic E-state index is -0.200. The molecule has 0 radical (unpaired) electrons. The second kappa shape index (κ2) is 5.97. The van der Waals surface area contributed by atoms with Crippen LogP contribution in [0.15, 0.2) is 24.3 Å². The quantitative estimate of drug-likeness (QED) is 0.904. The Morgan fingerprint density at radius 3 is 2.37 bits per heavy atom. The molecule has 4 nitrogen and oxygen atoms in total. The lowest BCUT2D eigenvalue weighted by Gasteiger charge is -2.30. The van der Waals surface area contributed by atoms with Gasteiger partial charge in [0.1, 0.15) is 5.78 Å². The number of aryl methyl sites for hydroxylation is 1. The summed E-state index contributed by atoms with van der Waals surface area (Å²) in [5, 5.41) is 2.91. The second-order valence-electron chi connectivity index (χ2n) is 5.11. The number of rotatable bonds is 3. The van der Waals surface area contributed by atoms with E-state index in [1.807, 2.05) is 38.1 Å². The van der Waals surface area contributed by atoms with E-state index < -0.39 is 0 Å². The summed E-state index contributed by atoms with van der Waals surface area (Å²) in [5.74, 6) is 0.278. The molecule has 1 unspecified atom stereocenters. The molecule has 1 atom stereocenters. The van der Waals surface area contributed by atoms with Crippen molar-refractivity contribution in [2.45, 2.75) is 32.7 Å². The first-order valence-corrected chi connectivity index (χ1v) is 6.69. The number of likely N-dealkylation sites (tertiary alicyclic amines) is 1. The van der Waals surface area contributed by atoms with Crippen LogP contribution in [-0.2, 0) is 9.59 Å². The van der Waals surface area contributed by atoms with Crippen LogP contribution >= 0.6 is 0 Å². The SMILES string of the molecule is Cc1ccc(NC(=O)C(C)N2CCC(=O)CC2)cc1. The summed E-state index contributed by atoms with van der Waals surface area (Å²) in [5.41, 5.74) is 1.98. The molecule has 0 aliphatic carbocycles. The number of piperidine rings is 1. The van der Waals surface area contributed by atoms with E-state index in [0.717, 1.165) is 5.69 Å². The molecule has 1 N–H and O–H groups in total. The van der Waals surface area contributed by atoms with Crippen molar-refractivity contribution in [3.8, 4) is 0 Å². The second-order valence-corrected chi connectivity index (χ2v) is 5.11. The number of nitrogens with zero attached hydrogens (tertiary/aromatic N) is 1. The van der Waals surface area contributed by atoms with Gasteiger partial charge in [-0.3, -0.25) is 14.5 Å². The molecule has 4 heteroatoms. The third-order valence-corrected chi connectivity index (χ3v) is 3.60. The van der Waals surface area contributed by atoms with Gasteiger partial charge in [-0.1, -0.05) is 17.7 Å². The van der Waals surface area contributed by atoms with Gasteiger partial charge in [0.15, 0.2) is 0 Å². The first-order chi connectivity index (χ1) is 9.06. The number of hydrogen-bond acceptors (Lipinski definition) is 3. The van der Waals surface area contributed by atoms with Gasteiger partial charge >= 0.3 is 0 Å². The van der Waals surface area contributed by atoms with Crippen molar-refractivity contribution in [2.75, 3.05) is 18.4 Å². The van der Waals surface area contributed by atoms with Crippen LogP contribution in [0.1, 0.15) is 25.3 Å². The van der Waals surface area contributed by atoms with Gasteiger partial charge in [-0.25, -0.2) is 0 Å². The number of carbonyl (C=O) groups excluding carboxylic acids is 2. The maximum Gasteiger partial charge on any atom is 0.241 e. The number of benzene rings is 1. The van der Waals surface area contributed by atoms with Crippen molar-refractivity contribution in [1.82, 2.24) is 4.90 Å².